The lowest BCUT2D eigenvalue weighted by Gasteiger charge is -2.34. The Kier molecular flexibility index (Phi) is 1.68. The molecule has 5 heteroatoms. The maximum atomic E-state index is 13.6. The molecule has 2 fully saturated rings. The minimum Gasteiger partial charge on any atom is -0.259 e. The molecule has 2 bridgehead atoms. The molecule has 2 saturated carbocycles. The first-order chi connectivity index (χ1) is 7.46. The molecule has 1 spiro atoms. The van der Waals surface area contributed by atoms with Gasteiger partial charge in [-0.15, -0.1) is 0 Å². The topological polar surface area (TPSA) is 43.1 Å². The van der Waals surface area contributed by atoms with Gasteiger partial charge >= 0.3 is 0 Å². The largest absolute Gasteiger partial charge is 0.259 e. The van der Waals surface area contributed by atoms with Gasteiger partial charge in [-0.25, -0.2) is 8.78 Å². The van der Waals surface area contributed by atoms with Gasteiger partial charge in [0.15, 0.2) is 0 Å². The van der Waals surface area contributed by atoms with E-state index >= 15 is 0 Å². The van der Waals surface area contributed by atoms with E-state index in [9.17, 15) is 18.9 Å². The summed E-state index contributed by atoms with van der Waals surface area (Å²) in [5, 5.41) is 10.9. The average molecular weight is 227 g/mol. The van der Waals surface area contributed by atoms with Crippen molar-refractivity contribution in [1.29, 1.82) is 0 Å². The summed E-state index contributed by atoms with van der Waals surface area (Å²) in [5.41, 5.74) is -0.911. The van der Waals surface area contributed by atoms with Crippen LogP contribution in [0.3, 0.4) is 0 Å². The van der Waals surface area contributed by atoms with Crippen molar-refractivity contribution in [3.8, 4) is 0 Å². The minimum atomic E-state index is -2.73. The van der Waals surface area contributed by atoms with Crippen LogP contribution in [0.1, 0.15) is 19.3 Å². The molecular weight excluding hydrogens is 216 g/mol. The third kappa shape index (κ3) is 1.01. The Morgan fingerprint density at radius 2 is 2.25 bits per heavy atom. The number of fused-ring (bicyclic) bond motifs is 1. The van der Waals surface area contributed by atoms with Crippen LogP contribution in [0.5, 0.6) is 0 Å². The molecule has 0 N–H and O–H groups in total. The Hall–Kier alpha value is -1.26. The van der Waals surface area contributed by atoms with Crippen molar-refractivity contribution in [2.75, 3.05) is 0 Å². The first kappa shape index (κ1) is 9.93. The molecule has 16 heavy (non-hydrogen) atoms. The van der Waals surface area contributed by atoms with Crippen molar-refractivity contribution in [2.45, 2.75) is 25.2 Å². The highest BCUT2D eigenvalue weighted by Crippen LogP contribution is 2.67. The fourth-order valence-electron chi connectivity index (χ4n) is 3.63. The van der Waals surface area contributed by atoms with E-state index in [-0.39, 0.29) is 24.5 Å². The van der Waals surface area contributed by atoms with E-state index in [1.807, 2.05) is 6.08 Å². The van der Waals surface area contributed by atoms with E-state index < -0.39 is 22.2 Å². The zero-order chi connectivity index (χ0) is 11.6. The molecular formula is C11H11F2NO2. The minimum absolute atomic E-state index is 0.0142. The zero-order valence-electron chi connectivity index (χ0n) is 8.53. The third-order valence-electron chi connectivity index (χ3n) is 4.31. The van der Waals surface area contributed by atoms with Gasteiger partial charge in [-0.1, -0.05) is 12.2 Å². The van der Waals surface area contributed by atoms with Gasteiger partial charge < -0.3 is 0 Å². The number of nitro groups is 1. The van der Waals surface area contributed by atoms with E-state index in [1.165, 1.54) is 6.08 Å². The predicted molar refractivity (Wildman–Crippen MR) is 52.4 cm³/mol. The maximum absolute atomic E-state index is 13.6. The molecule has 0 aromatic rings. The third-order valence-corrected chi connectivity index (χ3v) is 4.31. The second-order valence-corrected chi connectivity index (χ2v) is 5.03. The van der Waals surface area contributed by atoms with Crippen molar-refractivity contribution < 1.29 is 13.7 Å². The number of rotatable bonds is 1. The molecule has 3 rings (SSSR count). The lowest BCUT2D eigenvalue weighted by Crippen LogP contribution is -2.37. The highest BCUT2D eigenvalue weighted by Gasteiger charge is 2.69. The van der Waals surface area contributed by atoms with E-state index in [2.05, 4.69) is 0 Å². The van der Waals surface area contributed by atoms with Crippen LogP contribution in [0.25, 0.3) is 0 Å². The number of halogens is 2. The highest BCUT2D eigenvalue weighted by molar-refractivity contribution is 5.31. The molecule has 0 aromatic carbocycles. The average Bonchev–Trinajstić information content (AvgIpc) is 2.65. The zero-order valence-corrected chi connectivity index (χ0v) is 8.53. The van der Waals surface area contributed by atoms with Gasteiger partial charge in [-0.3, -0.25) is 10.1 Å². The Morgan fingerprint density at radius 3 is 2.88 bits per heavy atom. The Bertz CT molecular complexity index is 430. The van der Waals surface area contributed by atoms with E-state index in [1.54, 1.807) is 6.08 Å². The number of hydrogen-bond donors (Lipinski definition) is 0. The van der Waals surface area contributed by atoms with Gasteiger partial charge in [-0.05, 0) is 18.8 Å². The van der Waals surface area contributed by atoms with E-state index in [0.29, 0.717) is 6.42 Å². The van der Waals surface area contributed by atoms with Gasteiger partial charge in [0.2, 0.25) is 0 Å². The monoisotopic (exact) mass is 227 g/mol. The number of allylic oxidation sites excluding steroid dienone is 4. The summed E-state index contributed by atoms with van der Waals surface area (Å²) in [4.78, 5) is 10.5. The van der Waals surface area contributed by atoms with Crippen LogP contribution >= 0.6 is 0 Å². The number of nitrogens with zero attached hydrogens (tertiary/aromatic N) is 1. The molecule has 0 amide bonds. The molecule has 3 unspecified atom stereocenters. The van der Waals surface area contributed by atoms with Gasteiger partial charge in [0.1, 0.15) is 0 Å². The van der Waals surface area contributed by atoms with Crippen LogP contribution in [0, 0.1) is 27.4 Å². The summed E-state index contributed by atoms with van der Waals surface area (Å²) >= 11 is 0. The summed E-state index contributed by atoms with van der Waals surface area (Å²) in [7, 11) is 0. The highest BCUT2D eigenvalue weighted by atomic mass is 19.3. The summed E-state index contributed by atoms with van der Waals surface area (Å²) in [5.74, 6) is -3.47. The van der Waals surface area contributed by atoms with E-state index in [4.69, 9.17) is 0 Å². The van der Waals surface area contributed by atoms with Crippen LogP contribution in [-0.2, 0) is 0 Å². The molecule has 3 atom stereocenters. The molecule has 0 radical (unpaired) electrons. The second-order valence-electron chi connectivity index (χ2n) is 5.03. The molecule has 86 valence electrons. The van der Waals surface area contributed by atoms with Crippen molar-refractivity contribution >= 4 is 0 Å². The van der Waals surface area contributed by atoms with Crippen molar-refractivity contribution in [3.63, 3.8) is 0 Å². The smallest absolute Gasteiger partial charge is 0.253 e. The standard InChI is InChI=1S/C11H11F2NO2/c12-11(13)6-10-5-8(11)4-7(10)2-1-3-9(10)14(15)16/h1-3,7-8H,4-6H2. The fourth-order valence-corrected chi connectivity index (χ4v) is 3.63. The van der Waals surface area contributed by atoms with Crippen LogP contribution in [-0.4, -0.2) is 10.8 Å². The quantitative estimate of drug-likeness (QED) is 0.510. The maximum Gasteiger partial charge on any atom is 0.253 e. The first-order valence-electron chi connectivity index (χ1n) is 5.37. The predicted octanol–water partition coefficient (Wildman–Crippen LogP) is 2.77. The Labute approximate surface area is 91.0 Å². The van der Waals surface area contributed by atoms with Crippen molar-refractivity contribution in [3.05, 3.63) is 34.0 Å². The molecule has 0 aromatic heterocycles. The Morgan fingerprint density at radius 1 is 1.50 bits per heavy atom. The lowest BCUT2D eigenvalue weighted by atomic mass is 9.69. The first-order valence-corrected chi connectivity index (χ1v) is 5.37. The Balaban J connectivity index is 2.08. The van der Waals surface area contributed by atoms with Crippen LogP contribution in [0.4, 0.5) is 8.78 Å². The molecule has 0 heterocycles. The number of alkyl halides is 2. The normalized spacial score (nSPS) is 43.0. The van der Waals surface area contributed by atoms with Crippen molar-refractivity contribution in [1.82, 2.24) is 0 Å². The summed E-state index contributed by atoms with van der Waals surface area (Å²) in [6, 6.07) is 0. The summed E-state index contributed by atoms with van der Waals surface area (Å²) < 4.78 is 27.1. The molecule has 3 nitrogen and oxygen atoms in total. The van der Waals surface area contributed by atoms with E-state index in [0.717, 1.165) is 0 Å². The van der Waals surface area contributed by atoms with Gasteiger partial charge in [0.05, 0.1) is 10.3 Å². The van der Waals surface area contributed by atoms with Crippen molar-refractivity contribution in [2.24, 2.45) is 17.3 Å². The molecule has 0 saturated heterocycles. The fraction of sp³-hybridized carbons (Fsp3) is 0.636. The van der Waals surface area contributed by atoms with Crippen LogP contribution in [0.2, 0.25) is 0 Å². The molecule has 0 aliphatic heterocycles. The lowest BCUT2D eigenvalue weighted by molar-refractivity contribution is -0.443. The van der Waals surface area contributed by atoms with Crippen LogP contribution in [0.15, 0.2) is 23.9 Å². The number of hydrogen-bond acceptors (Lipinski definition) is 2. The van der Waals surface area contributed by atoms with Gasteiger partial charge in [0.25, 0.3) is 11.6 Å². The molecule has 3 aliphatic rings. The SMILES string of the molecule is O=[N+]([O-])C1=CC=CC2CC3CC12CC3(F)F. The second kappa shape index (κ2) is 2.70. The van der Waals surface area contributed by atoms with Gasteiger partial charge in [0, 0.05) is 18.4 Å². The molecule has 3 aliphatic carbocycles. The summed E-state index contributed by atoms with van der Waals surface area (Å²) in [6.07, 6.45) is 5.17. The van der Waals surface area contributed by atoms with Gasteiger partial charge in [-0.2, -0.15) is 0 Å². The summed E-state index contributed by atoms with van der Waals surface area (Å²) in [6.45, 7) is 0. The van der Waals surface area contributed by atoms with Crippen LogP contribution < -0.4 is 0 Å².